The Labute approximate surface area is 245 Å². The second-order valence-corrected chi connectivity index (χ2v) is 11.2. The molecule has 0 spiro atoms. The maximum atomic E-state index is 14.2. The smallest absolute Gasteiger partial charge is 0.264 e. The fourth-order valence-electron chi connectivity index (χ4n) is 4.59. The van der Waals surface area contributed by atoms with E-state index in [1.165, 1.54) is 37.7 Å². The molecule has 1 amide bonds. The second-order valence-electron chi connectivity index (χ2n) is 9.60. The Morgan fingerprint density at radius 3 is 2.44 bits per heavy atom. The van der Waals surface area contributed by atoms with Gasteiger partial charge in [0.2, 0.25) is 5.91 Å². The number of pyridine rings is 1. The predicted octanol–water partition coefficient (Wildman–Crippen LogP) is 3.44. The summed E-state index contributed by atoms with van der Waals surface area (Å²) in [5.74, 6) is -2.04. The maximum absolute atomic E-state index is 14.2. The Morgan fingerprint density at radius 1 is 0.977 bits per heavy atom. The SMILES string of the molecule is CC(=O)/C=C/C(=O)N1CCN(c2ncnc3ccc(-c4cnc(C#N)c(NS(=O)(=O)c5ccc(F)cc5F)c4)cc23)CC1. The number of nitrogens with zero attached hydrogens (tertiary/aromatic N) is 6. The fourth-order valence-corrected chi connectivity index (χ4v) is 5.71. The Hall–Kier alpha value is -5.29. The first-order chi connectivity index (χ1) is 20.6. The van der Waals surface area contributed by atoms with Gasteiger partial charge in [-0.1, -0.05) is 6.07 Å². The van der Waals surface area contributed by atoms with Crippen molar-refractivity contribution in [2.45, 2.75) is 11.8 Å². The molecule has 2 aromatic carbocycles. The lowest BCUT2D eigenvalue weighted by molar-refractivity contribution is -0.126. The molecule has 1 N–H and O–H groups in total. The quantitative estimate of drug-likeness (QED) is 0.314. The maximum Gasteiger partial charge on any atom is 0.264 e. The summed E-state index contributed by atoms with van der Waals surface area (Å²) >= 11 is 0. The van der Waals surface area contributed by atoms with Crippen LogP contribution >= 0.6 is 0 Å². The van der Waals surface area contributed by atoms with Gasteiger partial charge in [0.1, 0.15) is 34.7 Å². The number of benzene rings is 2. The minimum Gasteiger partial charge on any atom is -0.352 e. The average Bonchev–Trinajstić information content (AvgIpc) is 2.99. The Morgan fingerprint density at radius 2 is 1.74 bits per heavy atom. The number of carbonyl (C=O) groups is 2. The minimum atomic E-state index is -4.53. The molecule has 0 atom stereocenters. The van der Waals surface area contributed by atoms with Gasteiger partial charge in [-0.25, -0.2) is 32.2 Å². The van der Waals surface area contributed by atoms with Gasteiger partial charge in [-0.05, 0) is 48.9 Å². The molecule has 0 aliphatic carbocycles. The van der Waals surface area contributed by atoms with Crippen LogP contribution < -0.4 is 9.62 Å². The van der Waals surface area contributed by atoms with Gasteiger partial charge in [-0.15, -0.1) is 0 Å². The number of sulfonamides is 1. The van der Waals surface area contributed by atoms with Crippen LogP contribution in [-0.4, -0.2) is 66.1 Å². The summed E-state index contributed by atoms with van der Waals surface area (Å²) in [4.78, 5) is 39.3. The van der Waals surface area contributed by atoms with E-state index >= 15 is 0 Å². The molecule has 3 heterocycles. The molecule has 5 rings (SSSR count). The van der Waals surface area contributed by atoms with E-state index in [-0.39, 0.29) is 23.1 Å². The largest absolute Gasteiger partial charge is 0.352 e. The van der Waals surface area contributed by atoms with Crippen molar-refractivity contribution in [2.75, 3.05) is 35.8 Å². The third-order valence-electron chi connectivity index (χ3n) is 6.72. The van der Waals surface area contributed by atoms with Crippen molar-refractivity contribution in [1.29, 1.82) is 5.26 Å². The molecule has 218 valence electrons. The molecule has 0 unspecified atom stereocenters. The summed E-state index contributed by atoms with van der Waals surface area (Å²) in [5, 5.41) is 10.2. The topological polar surface area (TPSA) is 149 Å². The van der Waals surface area contributed by atoms with Gasteiger partial charge >= 0.3 is 0 Å². The van der Waals surface area contributed by atoms with E-state index in [4.69, 9.17) is 0 Å². The molecule has 2 aromatic heterocycles. The number of ketones is 1. The number of allylic oxidation sites excluding steroid dienone is 1. The fraction of sp³-hybridized carbons (Fsp3) is 0.172. The molecular formula is C29H23F2N7O4S. The summed E-state index contributed by atoms with van der Waals surface area (Å²) in [6.07, 6.45) is 5.34. The van der Waals surface area contributed by atoms with Crippen LogP contribution in [0.5, 0.6) is 0 Å². The van der Waals surface area contributed by atoms with Gasteiger partial charge in [0.15, 0.2) is 11.5 Å². The van der Waals surface area contributed by atoms with Gasteiger partial charge in [-0.2, -0.15) is 5.26 Å². The first kappa shape index (κ1) is 29.2. The molecule has 14 heteroatoms. The van der Waals surface area contributed by atoms with Gasteiger partial charge in [0.25, 0.3) is 10.0 Å². The Bertz CT molecular complexity index is 1940. The van der Waals surface area contributed by atoms with E-state index in [1.54, 1.807) is 23.1 Å². The summed E-state index contributed by atoms with van der Waals surface area (Å²) in [6.45, 7) is 3.19. The van der Waals surface area contributed by atoms with Crippen LogP contribution in [0.2, 0.25) is 0 Å². The van der Waals surface area contributed by atoms with Crippen molar-refractivity contribution in [1.82, 2.24) is 19.9 Å². The van der Waals surface area contributed by atoms with Crippen molar-refractivity contribution in [2.24, 2.45) is 0 Å². The first-order valence-corrected chi connectivity index (χ1v) is 14.4. The van der Waals surface area contributed by atoms with E-state index in [0.717, 1.165) is 12.1 Å². The monoisotopic (exact) mass is 603 g/mol. The lowest BCUT2D eigenvalue weighted by Crippen LogP contribution is -2.48. The highest BCUT2D eigenvalue weighted by atomic mass is 32.2. The second kappa shape index (κ2) is 11.9. The molecule has 1 fully saturated rings. The third-order valence-corrected chi connectivity index (χ3v) is 8.12. The van der Waals surface area contributed by atoms with Crippen LogP contribution in [0.25, 0.3) is 22.0 Å². The number of aromatic nitrogens is 3. The summed E-state index contributed by atoms with van der Waals surface area (Å²) in [6, 6.07) is 10.6. The van der Waals surface area contributed by atoms with Gasteiger partial charge < -0.3 is 9.80 Å². The number of nitriles is 1. The standard InChI is InChI=1S/C29H23F2N7O4S/c1-18(39)2-7-28(40)37-8-10-38(11-9-37)29-22-12-19(3-5-24(22)34-17-35-29)20-13-25(26(15-32)33-16-20)36-43(41,42)27-6-4-21(30)14-23(27)31/h2-7,12-14,16-17,36H,8-11H2,1H3/b7-2+. The number of halogens is 2. The zero-order valence-electron chi connectivity index (χ0n) is 22.7. The lowest BCUT2D eigenvalue weighted by Gasteiger charge is -2.35. The average molecular weight is 604 g/mol. The zero-order chi connectivity index (χ0) is 30.7. The Kier molecular flexibility index (Phi) is 8.09. The lowest BCUT2D eigenvalue weighted by atomic mass is 10.0. The number of nitrogens with one attached hydrogen (secondary N) is 1. The highest BCUT2D eigenvalue weighted by molar-refractivity contribution is 7.92. The minimum absolute atomic E-state index is 0.187. The van der Waals surface area contributed by atoms with Crippen LogP contribution in [0.15, 0.2) is 72.0 Å². The molecule has 1 aliphatic heterocycles. The van der Waals surface area contributed by atoms with E-state index in [2.05, 4.69) is 19.7 Å². The van der Waals surface area contributed by atoms with Crippen molar-refractivity contribution in [3.05, 3.63) is 84.5 Å². The summed E-state index contributed by atoms with van der Waals surface area (Å²) in [5.41, 5.74) is 1.27. The molecule has 4 aromatic rings. The van der Waals surface area contributed by atoms with E-state index in [9.17, 15) is 32.0 Å². The van der Waals surface area contributed by atoms with Crippen LogP contribution in [0, 0.1) is 23.0 Å². The van der Waals surface area contributed by atoms with E-state index in [1.807, 2.05) is 11.0 Å². The molecule has 0 bridgehead atoms. The number of hydrogen-bond acceptors (Lipinski definition) is 9. The van der Waals surface area contributed by atoms with Gasteiger partial charge in [0.05, 0.1) is 11.2 Å². The number of fused-ring (bicyclic) bond motifs is 1. The van der Waals surface area contributed by atoms with Crippen LogP contribution in [0.4, 0.5) is 20.3 Å². The zero-order valence-corrected chi connectivity index (χ0v) is 23.5. The third kappa shape index (κ3) is 6.31. The van der Waals surface area contributed by atoms with E-state index < -0.39 is 26.6 Å². The molecular weight excluding hydrogens is 580 g/mol. The van der Waals surface area contributed by atoms with Gasteiger partial charge in [0, 0.05) is 55.5 Å². The predicted molar refractivity (Wildman–Crippen MR) is 153 cm³/mol. The van der Waals surface area contributed by atoms with Crippen molar-refractivity contribution < 1.29 is 26.8 Å². The summed E-state index contributed by atoms with van der Waals surface area (Å²) < 4.78 is 55.6. The van der Waals surface area contributed by atoms with Crippen molar-refractivity contribution in [3.8, 4) is 17.2 Å². The number of piperazine rings is 1. The molecule has 0 radical (unpaired) electrons. The molecule has 43 heavy (non-hydrogen) atoms. The number of carbonyl (C=O) groups excluding carboxylic acids is 2. The van der Waals surface area contributed by atoms with Gasteiger partial charge in [-0.3, -0.25) is 14.3 Å². The van der Waals surface area contributed by atoms with Crippen LogP contribution in [-0.2, 0) is 19.6 Å². The van der Waals surface area contributed by atoms with Crippen LogP contribution in [0.1, 0.15) is 12.6 Å². The number of amides is 1. The Balaban J connectivity index is 1.44. The molecule has 0 saturated carbocycles. The molecule has 1 saturated heterocycles. The van der Waals surface area contributed by atoms with Crippen molar-refractivity contribution >= 4 is 44.1 Å². The summed E-state index contributed by atoms with van der Waals surface area (Å²) in [7, 11) is -4.53. The highest BCUT2D eigenvalue weighted by Crippen LogP contribution is 2.31. The van der Waals surface area contributed by atoms with Crippen molar-refractivity contribution in [3.63, 3.8) is 0 Å². The molecule has 1 aliphatic rings. The van der Waals surface area contributed by atoms with E-state index in [0.29, 0.717) is 60.1 Å². The number of anilines is 2. The molecule has 11 nitrogen and oxygen atoms in total. The van der Waals surface area contributed by atoms with Crippen LogP contribution in [0.3, 0.4) is 0 Å². The first-order valence-electron chi connectivity index (χ1n) is 12.9. The number of hydrogen-bond donors (Lipinski definition) is 1. The normalized spacial score (nSPS) is 13.7. The number of rotatable bonds is 7. The highest BCUT2D eigenvalue weighted by Gasteiger charge is 2.24.